The number of piperidine rings is 1. The summed E-state index contributed by atoms with van der Waals surface area (Å²) in [6.45, 7) is 6.65. The molecule has 0 bridgehead atoms. The maximum atomic E-state index is 5.18. The van der Waals surface area contributed by atoms with Gasteiger partial charge in [0.25, 0.3) is 0 Å². The molecule has 2 heterocycles. The van der Waals surface area contributed by atoms with Crippen molar-refractivity contribution in [1.82, 2.24) is 25.3 Å². The van der Waals surface area contributed by atoms with Gasteiger partial charge in [-0.2, -0.15) is 5.10 Å². The summed E-state index contributed by atoms with van der Waals surface area (Å²) < 4.78 is 7.13. The number of methoxy groups -OCH3 is 1. The van der Waals surface area contributed by atoms with E-state index in [2.05, 4.69) is 49.9 Å². The summed E-state index contributed by atoms with van der Waals surface area (Å²) in [5, 5.41) is 11.3. The molecule has 1 fully saturated rings. The van der Waals surface area contributed by atoms with Crippen LogP contribution in [0, 0.1) is 5.92 Å². The van der Waals surface area contributed by atoms with E-state index in [1.807, 2.05) is 30.2 Å². The van der Waals surface area contributed by atoms with Crippen LogP contribution in [-0.2, 0) is 17.8 Å². The first kappa shape index (κ1) is 24.6. The first-order valence-corrected chi connectivity index (χ1v) is 10.5. The maximum Gasteiger partial charge on any atom is 0.191 e. The number of hydrogen-bond acceptors (Lipinski definition) is 4. The van der Waals surface area contributed by atoms with Gasteiger partial charge in [-0.05, 0) is 49.0 Å². The quantitative estimate of drug-likeness (QED) is 0.299. The van der Waals surface area contributed by atoms with Crippen molar-refractivity contribution in [3.05, 3.63) is 53.9 Å². The van der Waals surface area contributed by atoms with Crippen molar-refractivity contribution < 1.29 is 4.74 Å². The summed E-state index contributed by atoms with van der Waals surface area (Å²) in [6.07, 6.45) is 6.25. The number of likely N-dealkylation sites (tertiary alicyclic amines) is 1. The number of benzene rings is 1. The molecule has 2 N–H and O–H groups in total. The van der Waals surface area contributed by atoms with Gasteiger partial charge in [-0.25, -0.2) is 0 Å². The second-order valence-corrected chi connectivity index (χ2v) is 7.56. The van der Waals surface area contributed by atoms with E-state index in [9.17, 15) is 0 Å². The number of rotatable bonds is 9. The third-order valence-electron chi connectivity index (χ3n) is 5.56. The highest BCUT2D eigenvalue weighted by atomic mass is 127. The fourth-order valence-corrected chi connectivity index (χ4v) is 3.73. The number of halogens is 1. The molecule has 166 valence electrons. The molecule has 1 aromatic heterocycles. The third-order valence-corrected chi connectivity index (χ3v) is 5.56. The fourth-order valence-electron chi connectivity index (χ4n) is 3.73. The molecule has 0 atom stereocenters. The van der Waals surface area contributed by atoms with Crippen LogP contribution >= 0.6 is 24.0 Å². The van der Waals surface area contributed by atoms with Gasteiger partial charge in [-0.15, -0.1) is 24.0 Å². The molecular weight excluding hydrogens is 491 g/mol. The lowest BCUT2D eigenvalue weighted by Gasteiger charge is -2.32. The lowest BCUT2D eigenvalue weighted by Crippen LogP contribution is -2.43. The van der Waals surface area contributed by atoms with E-state index in [-0.39, 0.29) is 24.0 Å². The van der Waals surface area contributed by atoms with Gasteiger partial charge in [-0.3, -0.25) is 9.67 Å². The summed E-state index contributed by atoms with van der Waals surface area (Å²) >= 11 is 0. The highest BCUT2D eigenvalue weighted by molar-refractivity contribution is 14.0. The number of guanidine groups is 1. The van der Waals surface area contributed by atoms with Crippen LogP contribution in [0.3, 0.4) is 0 Å². The van der Waals surface area contributed by atoms with Crippen molar-refractivity contribution in [2.45, 2.75) is 25.9 Å². The molecule has 1 aliphatic heterocycles. The minimum absolute atomic E-state index is 0. The van der Waals surface area contributed by atoms with Gasteiger partial charge in [0.05, 0.1) is 13.2 Å². The van der Waals surface area contributed by atoms with Crippen LogP contribution in [-0.4, -0.2) is 67.6 Å². The highest BCUT2D eigenvalue weighted by Crippen LogP contribution is 2.16. The van der Waals surface area contributed by atoms with E-state index in [1.54, 1.807) is 7.11 Å². The molecule has 1 aromatic carbocycles. The number of nitrogens with zero attached hydrogens (tertiary/aromatic N) is 4. The fraction of sp³-hybridized carbons (Fsp3) is 0.545. The monoisotopic (exact) mass is 526 g/mol. The summed E-state index contributed by atoms with van der Waals surface area (Å²) in [5.41, 5.74) is 2.53. The van der Waals surface area contributed by atoms with Gasteiger partial charge in [0.15, 0.2) is 5.96 Å². The molecule has 0 unspecified atom stereocenters. The Hall–Kier alpha value is -1.65. The minimum atomic E-state index is 0. The Labute approximate surface area is 197 Å². The third kappa shape index (κ3) is 7.88. The Bertz CT molecular complexity index is 744. The van der Waals surface area contributed by atoms with Crippen molar-refractivity contribution in [2.24, 2.45) is 10.9 Å². The lowest BCUT2D eigenvalue weighted by atomic mass is 9.97. The molecule has 0 saturated carbocycles. The summed E-state index contributed by atoms with van der Waals surface area (Å²) in [4.78, 5) is 6.89. The molecule has 0 aliphatic carbocycles. The SMILES string of the molecule is CN=C(NCc1ccccc1Cn1cccn1)NCC1CCN(CCOC)CC1.I. The van der Waals surface area contributed by atoms with Crippen molar-refractivity contribution >= 4 is 29.9 Å². The van der Waals surface area contributed by atoms with E-state index in [0.29, 0.717) is 5.92 Å². The van der Waals surface area contributed by atoms with Crippen LogP contribution < -0.4 is 10.6 Å². The van der Waals surface area contributed by atoms with Crippen LogP contribution in [0.1, 0.15) is 24.0 Å². The summed E-state index contributed by atoms with van der Waals surface area (Å²) in [7, 11) is 3.60. The lowest BCUT2D eigenvalue weighted by molar-refractivity contribution is 0.121. The Balaban J connectivity index is 0.00000320. The first-order chi connectivity index (χ1) is 14.3. The zero-order chi connectivity index (χ0) is 20.3. The Morgan fingerprint density at radius 2 is 1.93 bits per heavy atom. The molecule has 3 rings (SSSR count). The maximum absolute atomic E-state index is 5.18. The van der Waals surface area contributed by atoms with Crippen molar-refractivity contribution in [1.29, 1.82) is 0 Å². The van der Waals surface area contributed by atoms with Crippen molar-refractivity contribution in [3.8, 4) is 0 Å². The van der Waals surface area contributed by atoms with Gasteiger partial charge < -0.3 is 20.3 Å². The molecule has 7 nitrogen and oxygen atoms in total. The largest absolute Gasteiger partial charge is 0.383 e. The summed E-state index contributed by atoms with van der Waals surface area (Å²) in [5.74, 6) is 1.56. The number of hydrogen-bond donors (Lipinski definition) is 2. The average Bonchev–Trinajstić information content (AvgIpc) is 3.27. The predicted molar refractivity (Wildman–Crippen MR) is 132 cm³/mol. The van der Waals surface area contributed by atoms with Gasteiger partial charge in [0, 0.05) is 46.2 Å². The number of aliphatic imine (C=N–C) groups is 1. The smallest absolute Gasteiger partial charge is 0.191 e. The topological polar surface area (TPSA) is 66.7 Å². The number of aromatic nitrogens is 2. The van der Waals surface area contributed by atoms with Crippen molar-refractivity contribution in [2.75, 3.05) is 46.9 Å². The normalized spacial score (nSPS) is 15.6. The zero-order valence-electron chi connectivity index (χ0n) is 18.1. The van der Waals surface area contributed by atoms with Crippen molar-refractivity contribution in [3.63, 3.8) is 0 Å². The van der Waals surface area contributed by atoms with Gasteiger partial charge in [0.1, 0.15) is 0 Å². The zero-order valence-corrected chi connectivity index (χ0v) is 20.4. The predicted octanol–water partition coefficient (Wildman–Crippen LogP) is 2.57. The van der Waals surface area contributed by atoms with Gasteiger partial charge >= 0.3 is 0 Å². The van der Waals surface area contributed by atoms with E-state index in [4.69, 9.17) is 4.74 Å². The molecule has 1 saturated heterocycles. The molecule has 0 spiro atoms. The van der Waals surface area contributed by atoms with Crippen LogP contribution in [0.4, 0.5) is 0 Å². The van der Waals surface area contributed by atoms with Gasteiger partial charge in [-0.1, -0.05) is 24.3 Å². The Morgan fingerprint density at radius 3 is 2.60 bits per heavy atom. The molecule has 0 amide bonds. The highest BCUT2D eigenvalue weighted by Gasteiger charge is 2.19. The molecular formula is C22H35IN6O. The second-order valence-electron chi connectivity index (χ2n) is 7.56. The Morgan fingerprint density at radius 1 is 1.17 bits per heavy atom. The van der Waals surface area contributed by atoms with Gasteiger partial charge in [0.2, 0.25) is 0 Å². The standard InChI is InChI=1S/C22H34N6O.HI/c1-23-22(24-16-19-8-12-27(13-9-19)14-15-29-2)25-17-20-6-3-4-7-21(20)18-28-11-5-10-26-28;/h3-7,10-11,19H,8-9,12-18H2,1-2H3,(H2,23,24,25);1H. The van der Waals surface area contributed by atoms with Crippen LogP contribution in [0.15, 0.2) is 47.7 Å². The minimum Gasteiger partial charge on any atom is -0.383 e. The molecule has 2 aromatic rings. The van der Waals surface area contributed by atoms with E-state index >= 15 is 0 Å². The Kier molecular flexibility index (Phi) is 11.2. The molecule has 0 radical (unpaired) electrons. The van der Waals surface area contributed by atoms with E-state index < -0.39 is 0 Å². The first-order valence-electron chi connectivity index (χ1n) is 10.5. The summed E-state index contributed by atoms with van der Waals surface area (Å²) in [6, 6.07) is 10.4. The van der Waals surface area contributed by atoms with E-state index in [1.165, 1.54) is 24.0 Å². The number of nitrogens with one attached hydrogen (secondary N) is 2. The van der Waals surface area contributed by atoms with Crippen LogP contribution in [0.2, 0.25) is 0 Å². The van der Waals surface area contributed by atoms with Crippen LogP contribution in [0.5, 0.6) is 0 Å². The van der Waals surface area contributed by atoms with Crippen LogP contribution in [0.25, 0.3) is 0 Å². The molecule has 1 aliphatic rings. The van der Waals surface area contributed by atoms with E-state index in [0.717, 1.165) is 51.8 Å². The average molecular weight is 526 g/mol. The molecule has 8 heteroatoms. The second kappa shape index (κ2) is 13.6. The number of ether oxygens (including phenoxy) is 1. The molecule has 30 heavy (non-hydrogen) atoms.